The van der Waals surface area contributed by atoms with Crippen LogP contribution in [0, 0.1) is 5.92 Å². The molecule has 0 amide bonds. The highest BCUT2D eigenvalue weighted by molar-refractivity contribution is 14.0. The minimum absolute atomic E-state index is 0. The summed E-state index contributed by atoms with van der Waals surface area (Å²) < 4.78 is 5.14. The van der Waals surface area contributed by atoms with Gasteiger partial charge >= 0.3 is 5.97 Å². The van der Waals surface area contributed by atoms with Crippen LogP contribution in [-0.4, -0.2) is 73.6 Å². The van der Waals surface area contributed by atoms with Gasteiger partial charge in [0.2, 0.25) is 0 Å². The van der Waals surface area contributed by atoms with Crippen molar-refractivity contribution in [3.63, 3.8) is 0 Å². The Morgan fingerprint density at radius 1 is 1.23 bits per heavy atom. The molecule has 1 N–H and O–H groups in total. The Balaban J connectivity index is 0.00000625. The predicted octanol–water partition coefficient (Wildman–Crippen LogP) is 2.96. The van der Waals surface area contributed by atoms with E-state index in [-0.39, 0.29) is 35.9 Å². The maximum atomic E-state index is 11.8. The number of nitrogens with one attached hydrogen (secondary N) is 1. The zero-order valence-electron chi connectivity index (χ0n) is 17.5. The first-order valence-corrected chi connectivity index (χ1v) is 9.78. The number of hydrogen-bond donors (Lipinski definition) is 1. The van der Waals surface area contributed by atoms with Crippen LogP contribution in [0.3, 0.4) is 0 Å². The summed E-state index contributed by atoms with van der Waals surface area (Å²) in [6.07, 6.45) is 2.77. The van der Waals surface area contributed by atoms with Gasteiger partial charge < -0.3 is 15.0 Å². The number of halogens is 1. The summed E-state index contributed by atoms with van der Waals surface area (Å²) in [5.74, 6) is 0.940. The molecule has 0 unspecified atom stereocenters. The van der Waals surface area contributed by atoms with Gasteiger partial charge in [-0.3, -0.25) is 14.7 Å². The van der Waals surface area contributed by atoms with Crippen molar-refractivity contribution in [1.29, 1.82) is 0 Å². The van der Waals surface area contributed by atoms with Gasteiger partial charge in [-0.05, 0) is 53.9 Å². The molecule has 0 bridgehead atoms. The van der Waals surface area contributed by atoms with Gasteiger partial charge in [0, 0.05) is 45.3 Å². The van der Waals surface area contributed by atoms with E-state index in [1.807, 2.05) is 14.0 Å². The van der Waals surface area contributed by atoms with Crippen molar-refractivity contribution in [2.75, 3.05) is 39.8 Å². The van der Waals surface area contributed by atoms with E-state index in [2.05, 4.69) is 47.8 Å². The maximum absolute atomic E-state index is 11.8. The number of carbonyl (C=O) groups is 1. The molecule has 0 aliphatic carbocycles. The van der Waals surface area contributed by atoms with Crippen LogP contribution in [0.25, 0.3) is 0 Å². The molecule has 0 aromatic carbocycles. The van der Waals surface area contributed by atoms with Crippen molar-refractivity contribution in [2.24, 2.45) is 10.9 Å². The van der Waals surface area contributed by atoms with E-state index in [0.29, 0.717) is 18.7 Å². The van der Waals surface area contributed by atoms with Crippen molar-refractivity contribution < 1.29 is 9.53 Å². The summed E-state index contributed by atoms with van der Waals surface area (Å²) in [7, 11) is 1.83. The molecular weight excluding hydrogens is 443 g/mol. The average molecular weight is 482 g/mol. The quantitative estimate of drug-likeness (QED) is 0.190. The SMILES string of the molecule is CCOC(=O)C1CCN(C(=NC)NCCCN(C(C)C)C(C)C)CC1.I. The average Bonchev–Trinajstić information content (AvgIpc) is 2.58. The van der Waals surface area contributed by atoms with Gasteiger partial charge in [0.1, 0.15) is 0 Å². The second kappa shape index (κ2) is 13.6. The van der Waals surface area contributed by atoms with Gasteiger partial charge in [-0.2, -0.15) is 0 Å². The molecule has 1 aliphatic heterocycles. The molecule has 6 nitrogen and oxygen atoms in total. The van der Waals surface area contributed by atoms with E-state index in [4.69, 9.17) is 4.74 Å². The molecule has 0 aromatic rings. The molecule has 1 heterocycles. The molecule has 1 fully saturated rings. The molecule has 0 atom stereocenters. The van der Waals surface area contributed by atoms with Crippen molar-refractivity contribution in [2.45, 2.75) is 66.0 Å². The van der Waals surface area contributed by atoms with Gasteiger partial charge in [-0.25, -0.2) is 0 Å². The Kier molecular flexibility index (Phi) is 13.3. The summed E-state index contributed by atoms with van der Waals surface area (Å²) in [6.45, 7) is 15.0. The summed E-state index contributed by atoms with van der Waals surface area (Å²) in [4.78, 5) is 21.0. The fourth-order valence-corrected chi connectivity index (χ4v) is 3.49. The molecular formula is C19H39IN4O2. The first kappa shape index (κ1) is 25.4. The van der Waals surface area contributed by atoms with E-state index in [1.165, 1.54) is 0 Å². The van der Waals surface area contributed by atoms with Crippen LogP contribution in [0.2, 0.25) is 0 Å². The fourth-order valence-electron chi connectivity index (χ4n) is 3.49. The molecule has 7 heteroatoms. The normalized spacial score (nSPS) is 16.2. The second-order valence-corrected chi connectivity index (χ2v) is 7.27. The molecule has 0 radical (unpaired) electrons. The lowest BCUT2D eigenvalue weighted by Gasteiger charge is -2.34. The van der Waals surface area contributed by atoms with Gasteiger partial charge in [0.05, 0.1) is 12.5 Å². The van der Waals surface area contributed by atoms with Crippen molar-refractivity contribution in [3.05, 3.63) is 0 Å². The minimum Gasteiger partial charge on any atom is -0.466 e. The number of aliphatic imine (C=N–C) groups is 1. The number of guanidine groups is 1. The Hall–Kier alpha value is -0.570. The molecule has 1 rings (SSSR count). The zero-order chi connectivity index (χ0) is 18.8. The van der Waals surface area contributed by atoms with E-state index < -0.39 is 0 Å². The second-order valence-electron chi connectivity index (χ2n) is 7.27. The summed E-state index contributed by atoms with van der Waals surface area (Å²) in [5, 5.41) is 3.47. The Morgan fingerprint density at radius 2 is 1.81 bits per heavy atom. The third-order valence-corrected chi connectivity index (χ3v) is 4.83. The smallest absolute Gasteiger partial charge is 0.309 e. The number of carbonyl (C=O) groups excluding carboxylic acids is 1. The van der Waals surface area contributed by atoms with Crippen LogP contribution in [-0.2, 0) is 9.53 Å². The van der Waals surface area contributed by atoms with Crippen LogP contribution in [0.15, 0.2) is 4.99 Å². The minimum atomic E-state index is -0.0486. The molecule has 0 saturated carbocycles. The van der Waals surface area contributed by atoms with Crippen LogP contribution in [0.4, 0.5) is 0 Å². The highest BCUT2D eigenvalue weighted by Crippen LogP contribution is 2.18. The predicted molar refractivity (Wildman–Crippen MR) is 119 cm³/mol. The number of piperidine rings is 1. The molecule has 26 heavy (non-hydrogen) atoms. The number of ether oxygens (including phenoxy) is 1. The van der Waals surface area contributed by atoms with Crippen LogP contribution in [0.1, 0.15) is 53.9 Å². The zero-order valence-corrected chi connectivity index (χ0v) is 19.8. The highest BCUT2D eigenvalue weighted by atomic mass is 127. The molecule has 1 saturated heterocycles. The fraction of sp³-hybridized carbons (Fsp3) is 0.895. The topological polar surface area (TPSA) is 57.2 Å². The Morgan fingerprint density at radius 3 is 2.27 bits per heavy atom. The third-order valence-electron chi connectivity index (χ3n) is 4.83. The first-order chi connectivity index (χ1) is 11.9. The lowest BCUT2D eigenvalue weighted by atomic mass is 9.97. The Bertz CT molecular complexity index is 414. The van der Waals surface area contributed by atoms with Gasteiger partial charge in [0.15, 0.2) is 5.96 Å². The van der Waals surface area contributed by atoms with Gasteiger partial charge in [-0.15, -0.1) is 24.0 Å². The standard InChI is InChI=1S/C19H38N4O2.HI/c1-7-25-18(24)17-9-13-22(14-10-17)19(20-6)21-11-8-12-23(15(2)3)16(4)5;/h15-17H,7-14H2,1-6H3,(H,20,21);1H. The van der Waals surface area contributed by atoms with E-state index in [1.54, 1.807) is 0 Å². The number of rotatable bonds is 8. The van der Waals surface area contributed by atoms with Crippen LogP contribution < -0.4 is 5.32 Å². The number of esters is 1. The van der Waals surface area contributed by atoms with E-state index >= 15 is 0 Å². The molecule has 0 spiro atoms. The maximum Gasteiger partial charge on any atom is 0.309 e. The third kappa shape index (κ3) is 8.41. The lowest BCUT2D eigenvalue weighted by Crippen LogP contribution is -2.47. The van der Waals surface area contributed by atoms with Gasteiger partial charge in [-0.1, -0.05) is 0 Å². The van der Waals surface area contributed by atoms with E-state index in [0.717, 1.165) is 51.4 Å². The lowest BCUT2D eigenvalue weighted by molar-refractivity contribution is -0.149. The number of hydrogen-bond acceptors (Lipinski definition) is 4. The molecule has 1 aliphatic rings. The van der Waals surface area contributed by atoms with Crippen LogP contribution in [0.5, 0.6) is 0 Å². The van der Waals surface area contributed by atoms with Crippen molar-refractivity contribution >= 4 is 35.9 Å². The van der Waals surface area contributed by atoms with Crippen molar-refractivity contribution in [3.8, 4) is 0 Å². The molecule has 154 valence electrons. The van der Waals surface area contributed by atoms with Crippen molar-refractivity contribution in [1.82, 2.24) is 15.1 Å². The van der Waals surface area contributed by atoms with E-state index in [9.17, 15) is 4.79 Å². The van der Waals surface area contributed by atoms with Crippen LogP contribution >= 0.6 is 24.0 Å². The largest absolute Gasteiger partial charge is 0.466 e. The summed E-state index contributed by atoms with van der Waals surface area (Å²) in [5.41, 5.74) is 0. The first-order valence-electron chi connectivity index (χ1n) is 9.78. The number of nitrogens with zero attached hydrogens (tertiary/aromatic N) is 3. The Labute approximate surface area is 177 Å². The monoisotopic (exact) mass is 482 g/mol. The van der Waals surface area contributed by atoms with Gasteiger partial charge in [0.25, 0.3) is 0 Å². The summed E-state index contributed by atoms with van der Waals surface area (Å²) >= 11 is 0. The highest BCUT2D eigenvalue weighted by Gasteiger charge is 2.27. The summed E-state index contributed by atoms with van der Waals surface area (Å²) in [6, 6.07) is 1.14. The number of likely N-dealkylation sites (tertiary alicyclic amines) is 1. The molecule has 0 aromatic heterocycles.